The van der Waals surface area contributed by atoms with Gasteiger partial charge in [-0.15, -0.1) is 10.2 Å². The van der Waals surface area contributed by atoms with Crippen molar-refractivity contribution < 1.29 is 9.90 Å². The molecule has 0 aromatic carbocycles. The highest BCUT2D eigenvalue weighted by atomic mass is 16.4. The van der Waals surface area contributed by atoms with Crippen LogP contribution in [0.15, 0.2) is 0 Å². The van der Waals surface area contributed by atoms with E-state index in [9.17, 15) is 9.90 Å². The van der Waals surface area contributed by atoms with Gasteiger partial charge in [0.1, 0.15) is 11.6 Å². The van der Waals surface area contributed by atoms with E-state index in [4.69, 9.17) is 0 Å². The predicted octanol–water partition coefficient (Wildman–Crippen LogP) is 1.20. The van der Waals surface area contributed by atoms with E-state index in [-0.39, 0.29) is 5.92 Å². The number of aryl methyl sites for hydroxylation is 1. The molecule has 3 heterocycles. The molecule has 1 aromatic rings. The van der Waals surface area contributed by atoms with Crippen molar-refractivity contribution >= 4 is 5.97 Å². The molecule has 3 rings (SSSR count). The Bertz CT molecular complexity index is 514. The summed E-state index contributed by atoms with van der Waals surface area (Å²) in [6, 6.07) is 0. The highest BCUT2D eigenvalue weighted by molar-refractivity contribution is 5.70. The maximum Gasteiger partial charge on any atom is 0.308 e. The van der Waals surface area contributed by atoms with Gasteiger partial charge in [0.15, 0.2) is 0 Å². The molecule has 0 saturated carbocycles. The first-order chi connectivity index (χ1) is 10.2. The maximum atomic E-state index is 11.2. The van der Waals surface area contributed by atoms with E-state index in [0.29, 0.717) is 18.9 Å². The summed E-state index contributed by atoms with van der Waals surface area (Å²) < 4.78 is 2.06. The number of hydrogen-bond acceptors (Lipinski definition) is 4. The first-order valence-electron chi connectivity index (χ1n) is 8.03. The summed E-state index contributed by atoms with van der Waals surface area (Å²) in [5.41, 5.74) is 0. The topological polar surface area (TPSA) is 71.2 Å². The van der Waals surface area contributed by atoms with Gasteiger partial charge in [0, 0.05) is 25.9 Å². The molecule has 1 aromatic heterocycles. The molecule has 2 unspecified atom stereocenters. The zero-order valence-corrected chi connectivity index (χ0v) is 12.7. The smallest absolute Gasteiger partial charge is 0.308 e. The van der Waals surface area contributed by atoms with Crippen LogP contribution in [0.2, 0.25) is 0 Å². The number of aliphatic carboxylic acids is 1. The Balaban J connectivity index is 1.70. The van der Waals surface area contributed by atoms with E-state index in [0.717, 1.165) is 37.6 Å². The van der Waals surface area contributed by atoms with E-state index in [1.165, 1.54) is 19.4 Å². The van der Waals surface area contributed by atoms with Crippen molar-refractivity contribution in [1.29, 1.82) is 0 Å². The third-order valence-corrected chi connectivity index (χ3v) is 4.89. The van der Waals surface area contributed by atoms with E-state index in [2.05, 4.69) is 26.6 Å². The number of piperidine rings is 1. The Labute approximate surface area is 125 Å². The largest absolute Gasteiger partial charge is 0.481 e. The summed E-state index contributed by atoms with van der Waals surface area (Å²) in [6.45, 7) is 6.18. The second-order valence-electron chi connectivity index (χ2n) is 6.32. The third-order valence-electron chi connectivity index (χ3n) is 4.89. The van der Waals surface area contributed by atoms with Crippen LogP contribution >= 0.6 is 0 Å². The molecule has 2 atom stereocenters. The second-order valence-corrected chi connectivity index (χ2v) is 6.32. The van der Waals surface area contributed by atoms with Gasteiger partial charge in [-0.05, 0) is 38.3 Å². The quantitative estimate of drug-likeness (QED) is 0.903. The average Bonchev–Trinajstić information content (AvgIpc) is 2.90. The molecule has 0 aliphatic carbocycles. The molecule has 116 valence electrons. The van der Waals surface area contributed by atoms with Crippen LogP contribution in [0.5, 0.6) is 0 Å². The van der Waals surface area contributed by atoms with Crippen LogP contribution in [0.4, 0.5) is 0 Å². The van der Waals surface area contributed by atoms with E-state index in [1.54, 1.807) is 0 Å². The van der Waals surface area contributed by atoms with Gasteiger partial charge >= 0.3 is 5.97 Å². The molecule has 1 fully saturated rings. The minimum absolute atomic E-state index is 0.286. The van der Waals surface area contributed by atoms with Crippen LogP contribution in [0.25, 0.3) is 0 Å². The summed E-state index contributed by atoms with van der Waals surface area (Å²) in [6.07, 6.45) is 4.82. The lowest BCUT2D eigenvalue weighted by Crippen LogP contribution is -2.36. The van der Waals surface area contributed by atoms with Crippen molar-refractivity contribution in [2.75, 3.05) is 19.6 Å². The van der Waals surface area contributed by atoms with Gasteiger partial charge < -0.3 is 14.6 Å². The van der Waals surface area contributed by atoms with Crippen LogP contribution in [-0.4, -0.2) is 50.4 Å². The van der Waals surface area contributed by atoms with Gasteiger partial charge in [-0.25, -0.2) is 0 Å². The average molecular weight is 292 g/mol. The zero-order valence-electron chi connectivity index (χ0n) is 12.7. The molecule has 0 amide bonds. The highest BCUT2D eigenvalue weighted by Gasteiger charge is 2.29. The number of hydrogen-bond donors (Lipinski definition) is 1. The molecule has 6 nitrogen and oxygen atoms in total. The zero-order chi connectivity index (χ0) is 14.8. The fraction of sp³-hybridized carbons (Fsp3) is 0.800. The molecule has 1 saturated heterocycles. The fourth-order valence-corrected chi connectivity index (χ4v) is 3.60. The van der Waals surface area contributed by atoms with Crippen LogP contribution in [0.3, 0.4) is 0 Å². The lowest BCUT2D eigenvalue weighted by Gasteiger charge is -2.32. The number of carboxylic acid groups (broad SMARTS) is 1. The van der Waals surface area contributed by atoms with Gasteiger partial charge in [-0.2, -0.15) is 0 Å². The monoisotopic (exact) mass is 292 g/mol. The standard InChI is InChI=1S/C15H24N4O2/c1-2-18-7-3-4-11(9-18)8-14-17-16-13-6-5-12(15(20)21)10-19(13)14/h11-12H,2-10H2,1H3,(H,20,21). The third kappa shape index (κ3) is 3.10. The summed E-state index contributed by atoms with van der Waals surface area (Å²) in [5, 5.41) is 17.8. The Kier molecular flexibility index (Phi) is 4.24. The van der Waals surface area contributed by atoms with E-state index < -0.39 is 5.97 Å². The first-order valence-corrected chi connectivity index (χ1v) is 8.03. The molecule has 2 aliphatic heterocycles. The summed E-state index contributed by atoms with van der Waals surface area (Å²) in [4.78, 5) is 13.7. The van der Waals surface area contributed by atoms with Gasteiger partial charge in [-0.3, -0.25) is 4.79 Å². The number of fused-ring (bicyclic) bond motifs is 1. The number of nitrogens with zero attached hydrogens (tertiary/aromatic N) is 4. The molecule has 0 radical (unpaired) electrons. The van der Waals surface area contributed by atoms with Crippen molar-refractivity contribution in [3.8, 4) is 0 Å². The van der Waals surface area contributed by atoms with Gasteiger partial charge in [0.25, 0.3) is 0 Å². The maximum absolute atomic E-state index is 11.2. The normalized spacial score (nSPS) is 26.5. The van der Waals surface area contributed by atoms with Crippen LogP contribution in [0, 0.1) is 11.8 Å². The molecule has 0 spiro atoms. The number of aromatic nitrogens is 3. The van der Waals surface area contributed by atoms with Crippen molar-refractivity contribution in [2.24, 2.45) is 11.8 Å². The Hall–Kier alpha value is -1.43. The predicted molar refractivity (Wildman–Crippen MR) is 78.0 cm³/mol. The van der Waals surface area contributed by atoms with Gasteiger partial charge in [0.05, 0.1) is 5.92 Å². The van der Waals surface area contributed by atoms with Crippen LogP contribution in [0.1, 0.15) is 37.8 Å². The Morgan fingerprint density at radius 3 is 2.95 bits per heavy atom. The minimum atomic E-state index is -0.699. The molecule has 1 N–H and O–H groups in total. The SMILES string of the molecule is CCN1CCCC(Cc2nnc3n2CC(C(=O)O)CC3)C1. The lowest BCUT2D eigenvalue weighted by molar-refractivity contribution is -0.142. The van der Waals surface area contributed by atoms with Crippen LogP contribution in [-0.2, 0) is 24.2 Å². The molecule has 6 heteroatoms. The van der Waals surface area contributed by atoms with E-state index >= 15 is 0 Å². The van der Waals surface area contributed by atoms with Crippen molar-refractivity contribution in [3.05, 3.63) is 11.6 Å². The summed E-state index contributed by atoms with van der Waals surface area (Å²) in [7, 11) is 0. The second kappa shape index (κ2) is 6.13. The lowest BCUT2D eigenvalue weighted by atomic mass is 9.94. The molecular formula is C15H24N4O2. The molecule has 2 aliphatic rings. The van der Waals surface area contributed by atoms with Crippen molar-refractivity contribution in [3.63, 3.8) is 0 Å². The molecule has 0 bridgehead atoms. The fourth-order valence-electron chi connectivity index (χ4n) is 3.60. The van der Waals surface area contributed by atoms with Crippen molar-refractivity contribution in [1.82, 2.24) is 19.7 Å². The Morgan fingerprint density at radius 2 is 2.19 bits per heavy atom. The summed E-state index contributed by atoms with van der Waals surface area (Å²) in [5.74, 6) is 1.59. The van der Waals surface area contributed by atoms with Crippen molar-refractivity contribution in [2.45, 2.75) is 45.6 Å². The number of carbonyl (C=O) groups is 1. The number of rotatable bonds is 4. The minimum Gasteiger partial charge on any atom is -0.481 e. The van der Waals surface area contributed by atoms with E-state index in [1.807, 2.05) is 0 Å². The summed E-state index contributed by atoms with van der Waals surface area (Å²) >= 11 is 0. The Morgan fingerprint density at radius 1 is 1.33 bits per heavy atom. The van der Waals surface area contributed by atoms with Crippen LogP contribution < -0.4 is 0 Å². The molecular weight excluding hydrogens is 268 g/mol. The number of likely N-dealkylation sites (tertiary alicyclic amines) is 1. The molecule has 21 heavy (non-hydrogen) atoms. The van der Waals surface area contributed by atoms with Gasteiger partial charge in [0.2, 0.25) is 0 Å². The number of carboxylic acids is 1. The first kappa shape index (κ1) is 14.5. The van der Waals surface area contributed by atoms with Gasteiger partial charge in [-0.1, -0.05) is 6.92 Å². The highest BCUT2D eigenvalue weighted by Crippen LogP contribution is 2.24.